The van der Waals surface area contributed by atoms with Gasteiger partial charge in [0.25, 0.3) is 0 Å². The van der Waals surface area contributed by atoms with Crippen LogP contribution in [-0.4, -0.2) is 36.1 Å². The molecule has 1 aliphatic rings. The van der Waals surface area contributed by atoms with Crippen LogP contribution in [0.4, 0.5) is 0 Å². The molecule has 2 nitrogen and oxygen atoms in total. The van der Waals surface area contributed by atoms with Crippen LogP contribution in [0.1, 0.15) is 38.8 Å². The van der Waals surface area contributed by atoms with Crippen molar-refractivity contribution >= 4 is 0 Å². The highest BCUT2D eigenvalue weighted by atomic mass is 15.2. The van der Waals surface area contributed by atoms with Crippen molar-refractivity contribution in [2.75, 3.05) is 19.6 Å². The summed E-state index contributed by atoms with van der Waals surface area (Å²) < 4.78 is 0. The molecule has 0 radical (unpaired) electrons. The number of hydrogen-bond acceptors (Lipinski definition) is 2. The average Bonchev–Trinajstić information content (AvgIpc) is 2.35. The standard InChI is InChI=1S/C18H30N2/c1-14(2)17-12-19-18(4,5)13-20(17)10-9-16-8-6-7-15(3)11-16/h6-8,11,14,17,19H,9-10,12-13H2,1-5H3. The van der Waals surface area contributed by atoms with E-state index in [2.05, 4.69) is 69.1 Å². The summed E-state index contributed by atoms with van der Waals surface area (Å²) >= 11 is 0. The van der Waals surface area contributed by atoms with Gasteiger partial charge in [-0.25, -0.2) is 0 Å². The number of benzene rings is 1. The van der Waals surface area contributed by atoms with E-state index in [0.717, 1.165) is 26.1 Å². The van der Waals surface area contributed by atoms with E-state index in [4.69, 9.17) is 0 Å². The molecule has 1 N–H and O–H groups in total. The van der Waals surface area contributed by atoms with Crippen LogP contribution in [0.2, 0.25) is 0 Å². The van der Waals surface area contributed by atoms with E-state index in [1.54, 1.807) is 0 Å². The molecule has 1 aromatic carbocycles. The van der Waals surface area contributed by atoms with Crippen LogP contribution in [0.5, 0.6) is 0 Å². The highest BCUT2D eigenvalue weighted by Crippen LogP contribution is 2.20. The number of nitrogens with zero attached hydrogens (tertiary/aromatic N) is 1. The van der Waals surface area contributed by atoms with Crippen molar-refractivity contribution in [1.29, 1.82) is 0 Å². The van der Waals surface area contributed by atoms with Gasteiger partial charge in [0, 0.05) is 31.2 Å². The third-order valence-electron chi connectivity index (χ3n) is 4.40. The van der Waals surface area contributed by atoms with Gasteiger partial charge < -0.3 is 5.32 Å². The lowest BCUT2D eigenvalue weighted by Gasteiger charge is -2.46. The number of piperazine rings is 1. The van der Waals surface area contributed by atoms with Gasteiger partial charge in [0.2, 0.25) is 0 Å². The van der Waals surface area contributed by atoms with Gasteiger partial charge in [-0.15, -0.1) is 0 Å². The maximum atomic E-state index is 3.69. The molecule has 112 valence electrons. The van der Waals surface area contributed by atoms with Crippen molar-refractivity contribution in [3.8, 4) is 0 Å². The molecule has 1 aromatic rings. The Morgan fingerprint density at radius 3 is 2.75 bits per heavy atom. The molecule has 1 unspecified atom stereocenters. The quantitative estimate of drug-likeness (QED) is 0.906. The predicted octanol–water partition coefficient (Wildman–Crippen LogP) is 3.25. The fraction of sp³-hybridized carbons (Fsp3) is 0.667. The Hall–Kier alpha value is -0.860. The van der Waals surface area contributed by atoms with Crippen LogP contribution in [0.3, 0.4) is 0 Å². The number of hydrogen-bond donors (Lipinski definition) is 1. The zero-order valence-electron chi connectivity index (χ0n) is 13.7. The molecule has 0 bridgehead atoms. The van der Waals surface area contributed by atoms with Gasteiger partial charge in [0.05, 0.1) is 0 Å². The van der Waals surface area contributed by atoms with Gasteiger partial charge in [-0.1, -0.05) is 43.7 Å². The van der Waals surface area contributed by atoms with Crippen molar-refractivity contribution in [2.45, 2.75) is 52.6 Å². The Morgan fingerprint density at radius 2 is 2.10 bits per heavy atom. The first-order valence-corrected chi connectivity index (χ1v) is 7.92. The minimum absolute atomic E-state index is 0.234. The van der Waals surface area contributed by atoms with Crippen LogP contribution in [0.25, 0.3) is 0 Å². The summed E-state index contributed by atoms with van der Waals surface area (Å²) in [5.41, 5.74) is 3.06. The van der Waals surface area contributed by atoms with Crippen LogP contribution in [0, 0.1) is 12.8 Å². The Balaban J connectivity index is 2.00. The van der Waals surface area contributed by atoms with Gasteiger partial charge in [-0.3, -0.25) is 4.90 Å². The molecule has 1 heterocycles. The summed E-state index contributed by atoms with van der Waals surface area (Å²) in [6, 6.07) is 9.58. The van der Waals surface area contributed by atoms with E-state index >= 15 is 0 Å². The molecule has 0 saturated carbocycles. The molecule has 1 atom stereocenters. The normalized spacial score (nSPS) is 23.2. The maximum Gasteiger partial charge on any atom is 0.0252 e. The second-order valence-corrected chi connectivity index (χ2v) is 7.29. The zero-order valence-corrected chi connectivity index (χ0v) is 13.7. The Bertz CT molecular complexity index is 437. The molecule has 2 rings (SSSR count). The third kappa shape index (κ3) is 4.07. The lowest BCUT2D eigenvalue weighted by Crippen LogP contribution is -2.63. The van der Waals surface area contributed by atoms with Gasteiger partial charge >= 0.3 is 0 Å². The predicted molar refractivity (Wildman–Crippen MR) is 87.2 cm³/mol. The van der Waals surface area contributed by atoms with Crippen LogP contribution >= 0.6 is 0 Å². The number of nitrogens with one attached hydrogen (secondary N) is 1. The molecular formula is C18H30N2. The Labute approximate surface area is 124 Å². The molecule has 20 heavy (non-hydrogen) atoms. The lowest BCUT2D eigenvalue weighted by molar-refractivity contribution is 0.0705. The molecule has 0 spiro atoms. The largest absolute Gasteiger partial charge is 0.309 e. The van der Waals surface area contributed by atoms with E-state index in [-0.39, 0.29) is 5.54 Å². The minimum Gasteiger partial charge on any atom is -0.309 e. The topological polar surface area (TPSA) is 15.3 Å². The van der Waals surface area contributed by atoms with Gasteiger partial charge in [0.15, 0.2) is 0 Å². The van der Waals surface area contributed by atoms with Crippen molar-refractivity contribution < 1.29 is 0 Å². The second kappa shape index (κ2) is 6.28. The van der Waals surface area contributed by atoms with Crippen molar-refractivity contribution in [3.05, 3.63) is 35.4 Å². The molecule has 1 fully saturated rings. The van der Waals surface area contributed by atoms with Crippen molar-refractivity contribution in [3.63, 3.8) is 0 Å². The summed E-state index contributed by atoms with van der Waals surface area (Å²) in [5.74, 6) is 0.705. The second-order valence-electron chi connectivity index (χ2n) is 7.29. The molecule has 0 aromatic heterocycles. The maximum absolute atomic E-state index is 3.69. The van der Waals surface area contributed by atoms with E-state index < -0.39 is 0 Å². The molecule has 1 saturated heterocycles. The first-order valence-electron chi connectivity index (χ1n) is 7.92. The van der Waals surface area contributed by atoms with E-state index in [9.17, 15) is 0 Å². The monoisotopic (exact) mass is 274 g/mol. The van der Waals surface area contributed by atoms with E-state index in [1.165, 1.54) is 11.1 Å². The minimum atomic E-state index is 0.234. The molecule has 0 aliphatic carbocycles. The van der Waals surface area contributed by atoms with Crippen molar-refractivity contribution in [1.82, 2.24) is 10.2 Å². The smallest absolute Gasteiger partial charge is 0.0252 e. The summed E-state index contributed by atoms with van der Waals surface area (Å²) in [6.45, 7) is 14.9. The summed E-state index contributed by atoms with van der Waals surface area (Å²) in [6.07, 6.45) is 1.15. The highest BCUT2D eigenvalue weighted by molar-refractivity contribution is 5.22. The summed E-state index contributed by atoms with van der Waals surface area (Å²) in [7, 11) is 0. The van der Waals surface area contributed by atoms with Crippen LogP contribution in [0.15, 0.2) is 24.3 Å². The van der Waals surface area contributed by atoms with Crippen molar-refractivity contribution in [2.24, 2.45) is 5.92 Å². The number of aryl methyl sites for hydroxylation is 1. The first-order chi connectivity index (χ1) is 9.37. The SMILES string of the molecule is Cc1cccc(CCN2CC(C)(C)NCC2C(C)C)c1. The molecule has 0 amide bonds. The first kappa shape index (κ1) is 15.5. The average molecular weight is 274 g/mol. The van der Waals surface area contributed by atoms with Crippen LogP contribution in [-0.2, 0) is 6.42 Å². The van der Waals surface area contributed by atoms with E-state index in [1.807, 2.05) is 0 Å². The lowest BCUT2D eigenvalue weighted by atomic mass is 9.92. The molecule has 1 aliphatic heterocycles. The van der Waals surface area contributed by atoms with Gasteiger partial charge in [-0.2, -0.15) is 0 Å². The zero-order chi connectivity index (χ0) is 14.8. The highest BCUT2D eigenvalue weighted by Gasteiger charge is 2.33. The molecular weight excluding hydrogens is 244 g/mol. The number of rotatable bonds is 4. The van der Waals surface area contributed by atoms with Crippen LogP contribution < -0.4 is 5.32 Å². The molecule has 2 heteroatoms. The Morgan fingerprint density at radius 1 is 1.35 bits per heavy atom. The fourth-order valence-corrected chi connectivity index (χ4v) is 3.23. The van der Waals surface area contributed by atoms with Gasteiger partial charge in [0.1, 0.15) is 0 Å². The Kier molecular flexibility index (Phi) is 4.87. The van der Waals surface area contributed by atoms with E-state index in [0.29, 0.717) is 12.0 Å². The fourth-order valence-electron chi connectivity index (χ4n) is 3.23. The van der Waals surface area contributed by atoms with Gasteiger partial charge in [-0.05, 0) is 38.7 Å². The summed E-state index contributed by atoms with van der Waals surface area (Å²) in [4.78, 5) is 2.68. The third-order valence-corrected chi connectivity index (χ3v) is 4.40. The summed E-state index contributed by atoms with van der Waals surface area (Å²) in [5, 5.41) is 3.69.